The largest absolute Gasteiger partial charge is 0.353 e. The van der Waals surface area contributed by atoms with Gasteiger partial charge in [0.1, 0.15) is 0 Å². The summed E-state index contributed by atoms with van der Waals surface area (Å²) < 4.78 is 16.4. The zero-order valence-electron chi connectivity index (χ0n) is 11.3. The monoisotopic (exact) mass is 295 g/mol. The Hall–Kier alpha value is -1.27. The van der Waals surface area contributed by atoms with Crippen LogP contribution in [0.2, 0.25) is 0 Å². The van der Waals surface area contributed by atoms with Gasteiger partial charge in [0.05, 0.1) is 5.75 Å². The number of aromatic nitrogens is 2. The van der Waals surface area contributed by atoms with E-state index in [9.17, 15) is 4.21 Å². The third-order valence-electron chi connectivity index (χ3n) is 2.71. The smallest absolute Gasteiger partial charge is 0.204 e. The van der Waals surface area contributed by atoms with E-state index in [2.05, 4.69) is 9.36 Å². The zero-order valence-corrected chi connectivity index (χ0v) is 12.9. The molecule has 2 aromatic rings. The molecule has 0 saturated heterocycles. The van der Waals surface area contributed by atoms with Crippen molar-refractivity contribution >= 4 is 27.5 Å². The van der Waals surface area contributed by atoms with E-state index in [-0.39, 0.29) is 0 Å². The van der Waals surface area contributed by atoms with Crippen molar-refractivity contribution in [1.82, 2.24) is 9.36 Å². The van der Waals surface area contributed by atoms with E-state index in [1.165, 1.54) is 17.1 Å². The van der Waals surface area contributed by atoms with Gasteiger partial charge in [-0.3, -0.25) is 4.21 Å². The Balaban J connectivity index is 1.99. The highest BCUT2D eigenvalue weighted by molar-refractivity contribution is 7.83. The number of nitrogens with zero attached hydrogens (tertiary/aromatic N) is 3. The van der Waals surface area contributed by atoms with Crippen LogP contribution in [0.1, 0.15) is 17.0 Å². The lowest BCUT2D eigenvalue weighted by atomic mass is 10.1. The molecular formula is C13H17N3OS2. The van der Waals surface area contributed by atoms with Crippen LogP contribution in [0.4, 0.5) is 5.13 Å². The molecule has 0 aliphatic heterocycles. The summed E-state index contributed by atoms with van der Waals surface area (Å²) in [5, 5.41) is 0.850. The average molecular weight is 295 g/mol. The van der Waals surface area contributed by atoms with E-state index in [1.807, 2.05) is 50.2 Å². The molecule has 102 valence electrons. The van der Waals surface area contributed by atoms with Gasteiger partial charge in [-0.15, -0.1) is 0 Å². The summed E-state index contributed by atoms with van der Waals surface area (Å²) in [6.45, 7) is 2.04. The van der Waals surface area contributed by atoms with Crippen molar-refractivity contribution in [3.8, 4) is 0 Å². The van der Waals surface area contributed by atoms with Crippen molar-refractivity contribution in [2.45, 2.75) is 18.4 Å². The summed E-state index contributed by atoms with van der Waals surface area (Å²) in [5.74, 6) is 1.64. The molecule has 19 heavy (non-hydrogen) atoms. The molecule has 0 aliphatic rings. The summed E-state index contributed by atoms with van der Waals surface area (Å²) in [6, 6.07) is 8.03. The van der Waals surface area contributed by atoms with Gasteiger partial charge in [-0.05, 0) is 18.1 Å². The lowest BCUT2D eigenvalue weighted by Gasteiger charge is -2.05. The van der Waals surface area contributed by atoms with E-state index in [0.717, 1.165) is 10.7 Å². The fourth-order valence-corrected chi connectivity index (χ4v) is 3.50. The number of benzene rings is 1. The van der Waals surface area contributed by atoms with Crippen LogP contribution in [0.5, 0.6) is 0 Å². The molecule has 0 bridgehead atoms. The molecule has 1 heterocycles. The third-order valence-corrected chi connectivity index (χ3v) is 4.84. The first-order valence-corrected chi connectivity index (χ1v) is 8.22. The van der Waals surface area contributed by atoms with Crippen molar-refractivity contribution in [1.29, 1.82) is 0 Å². The highest BCUT2D eigenvalue weighted by Crippen LogP contribution is 2.16. The summed E-state index contributed by atoms with van der Waals surface area (Å²) in [5.41, 5.74) is 2.31. The number of hydrogen-bond donors (Lipinski definition) is 0. The van der Waals surface area contributed by atoms with Gasteiger partial charge in [0.2, 0.25) is 5.13 Å². The maximum absolute atomic E-state index is 12.1. The van der Waals surface area contributed by atoms with Crippen molar-refractivity contribution < 1.29 is 4.21 Å². The molecule has 4 nitrogen and oxygen atoms in total. The highest BCUT2D eigenvalue weighted by atomic mass is 32.2. The van der Waals surface area contributed by atoms with Crippen LogP contribution in [0.25, 0.3) is 0 Å². The second-order valence-electron chi connectivity index (χ2n) is 4.54. The molecule has 2 rings (SSSR count). The summed E-state index contributed by atoms with van der Waals surface area (Å²) in [4.78, 5) is 6.26. The minimum atomic E-state index is -0.969. The summed E-state index contributed by atoms with van der Waals surface area (Å²) >= 11 is 1.34. The fraction of sp³-hybridized carbons (Fsp3) is 0.385. The number of hydrogen-bond acceptors (Lipinski definition) is 5. The standard InChI is InChI=1S/C13H17N3OS2/c1-10-6-4-5-7-11(10)8-19(17)9-12-14-13(16(2)3)18-15-12/h4-7H,8-9H2,1-3H3/t19-/m0/s1. The molecule has 0 unspecified atom stereocenters. The Morgan fingerprint density at radius 2 is 2.00 bits per heavy atom. The second-order valence-corrected chi connectivity index (χ2v) is 6.73. The second kappa shape index (κ2) is 6.25. The first-order valence-electron chi connectivity index (χ1n) is 5.95. The predicted molar refractivity (Wildman–Crippen MR) is 81.0 cm³/mol. The minimum absolute atomic E-state index is 0.415. The Morgan fingerprint density at radius 3 is 2.63 bits per heavy atom. The molecule has 1 atom stereocenters. The van der Waals surface area contributed by atoms with E-state index >= 15 is 0 Å². The van der Waals surface area contributed by atoms with Crippen LogP contribution in [0.15, 0.2) is 24.3 Å². The molecule has 6 heteroatoms. The predicted octanol–water partition coefficient (Wildman–Crippen LogP) is 2.36. The fourth-order valence-electron chi connectivity index (χ4n) is 1.63. The molecule has 1 aromatic carbocycles. The highest BCUT2D eigenvalue weighted by Gasteiger charge is 2.10. The van der Waals surface area contributed by atoms with Gasteiger partial charge >= 0.3 is 0 Å². The topological polar surface area (TPSA) is 46.1 Å². The summed E-state index contributed by atoms with van der Waals surface area (Å²) in [6.07, 6.45) is 0. The van der Waals surface area contributed by atoms with Crippen LogP contribution < -0.4 is 4.90 Å². The van der Waals surface area contributed by atoms with Gasteiger partial charge in [0, 0.05) is 42.2 Å². The Bertz CT molecular complexity index is 581. The normalized spacial score (nSPS) is 12.4. The third kappa shape index (κ3) is 3.84. The van der Waals surface area contributed by atoms with Gasteiger partial charge in [-0.2, -0.15) is 4.37 Å². The number of rotatable bonds is 5. The zero-order chi connectivity index (χ0) is 13.8. The lowest BCUT2D eigenvalue weighted by Crippen LogP contribution is -2.08. The maximum Gasteiger partial charge on any atom is 0.204 e. The molecule has 1 aromatic heterocycles. The number of anilines is 1. The molecule has 0 fully saturated rings. The van der Waals surface area contributed by atoms with E-state index in [4.69, 9.17) is 0 Å². The SMILES string of the molecule is Cc1ccccc1C[S@](=O)Cc1nsc(N(C)C)n1. The van der Waals surface area contributed by atoms with Crippen LogP contribution in [-0.4, -0.2) is 27.7 Å². The molecule has 0 N–H and O–H groups in total. The van der Waals surface area contributed by atoms with E-state index in [1.54, 1.807) is 0 Å². The van der Waals surface area contributed by atoms with E-state index < -0.39 is 10.8 Å². The van der Waals surface area contributed by atoms with Crippen LogP contribution in [0, 0.1) is 6.92 Å². The Kier molecular flexibility index (Phi) is 4.66. The quantitative estimate of drug-likeness (QED) is 0.849. The molecule has 0 spiro atoms. The maximum atomic E-state index is 12.1. The van der Waals surface area contributed by atoms with Crippen molar-refractivity contribution in [2.24, 2.45) is 0 Å². The summed E-state index contributed by atoms with van der Waals surface area (Å²) in [7, 11) is 2.88. The van der Waals surface area contributed by atoms with Gasteiger partial charge < -0.3 is 4.90 Å². The molecule has 0 aliphatic carbocycles. The average Bonchev–Trinajstić information content (AvgIpc) is 2.80. The Labute approximate surface area is 120 Å². The molecule has 0 saturated carbocycles. The van der Waals surface area contributed by atoms with Crippen LogP contribution in [0.3, 0.4) is 0 Å². The first kappa shape index (κ1) is 14.1. The first-order chi connectivity index (χ1) is 9.06. The van der Waals surface area contributed by atoms with Crippen molar-refractivity contribution in [2.75, 3.05) is 19.0 Å². The van der Waals surface area contributed by atoms with Gasteiger partial charge in [-0.25, -0.2) is 4.98 Å². The van der Waals surface area contributed by atoms with Gasteiger partial charge in [0.25, 0.3) is 0 Å². The lowest BCUT2D eigenvalue weighted by molar-refractivity contribution is 0.681. The molecule has 0 amide bonds. The van der Waals surface area contributed by atoms with Gasteiger partial charge in [-0.1, -0.05) is 24.3 Å². The minimum Gasteiger partial charge on any atom is -0.353 e. The van der Waals surface area contributed by atoms with Gasteiger partial charge in [0.15, 0.2) is 5.82 Å². The van der Waals surface area contributed by atoms with Crippen LogP contribution >= 0.6 is 11.5 Å². The van der Waals surface area contributed by atoms with Crippen LogP contribution in [-0.2, 0) is 22.3 Å². The van der Waals surface area contributed by atoms with Crippen molar-refractivity contribution in [3.05, 3.63) is 41.2 Å². The van der Waals surface area contributed by atoms with Crippen molar-refractivity contribution in [3.63, 3.8) is 0 Å². The van der Waals surface area contributed by atoms with E-state index in [0.29, 0.717) is 17.3 Å². The molecular weight excluding hydrogens is 278 g/mol. The Morgan fingerprint density at radius 1 is 1.26 bits per heavy atom. The number of aryl methyl sites for hydroxylation is 1. The molecule has 0 radical (unpaired) electrons.